The number of aryl methyl sites for hydroxylation is 1. The average molecular weight is 288 g/mol. The lowest BCUT2D eigenvalue weighted by atomic mass is 10.1. The van der Waals surface area contributed by atoms with Gasteiger partial charge < -0.3 is 14.8 Å². The third-order valence-corrected chi connectivity index (χ3v) is 3.24. The maximum absolute atomic E-state index is 5.71. The van der Waals surface area contributed by atoms with E-state index in [2.05, 4.69) is 25.2 Å². The van der Waals surface area contributed by atoms with Crippen LogP contribution in [0.15, 0.2) is 18.2 Å². The molecule has 1 aromatic carbocycles. The van der Waals surface area contributed by atoms with E-state index in [9.17, 15) is 0 Å². The highest BCUT2D eigenvalue weighted by molar-refractivity contribution is 5.92. The van der Waals surface area contributed by atoms with E-state index in [0.717, 1.165) is 46.7 Å². The van der Waals surface area contributed by atoms with Gasteiger partial charge in [-0.1, -0.05) is 6.92 Å². The van der Waals surface area contributed by atoms with Crippen molar-refractivity contribution in [1.29, 1.82) is 0 Å². The summed E-state index contributed by atoms with van der Waals surface area (Å²) in [6.07, 6.45) is 1.07. The molecule has 2 aromatic rings. The Morgan fingerprint density at radius 2 is 1.71 bits per heavy atom. The van der Waals surface area contributed by atoms with Crippen molar-refractivity contribution in [2.75, 3.05) is 25.1 Å². The molecule has 0 fully saturated rings. The van der Waals surface area contributed by atoms with E-state index in [1.54, 1.807) is 0 Å². The molecule has 1 aromatic heterocycles. The molecule has 1 heterocycles. The molecule has 0 unspecified atom stereocenters. The number of anilines is 1. The van der Waals surface area contributed by atoms with Crippen LogP contribution >= 0.6 is 0 Å². The average Bonchev–Trinajstić information content (AvgIpc) is 2.48. The number of benzene rings is 1. The van der Waals surface area contributed by atoms with Gasteiger partial charge in [0.25, 0.3) is 0 Å². The summed E-state index contributed by atoms with van der Waals surface area (Å²) in [5.74, 6) is 2.57. The van der Waals surface area contributed by atoms with Gasteiger partial charge in [-0.3, -0.25) is 0 Å². The van der Waals surface area contributed by atoms with Crippen LogP contribution in [0.4, 0.5) is 5.82 Å². The quantitative estimate of drug-likeness (QED) is 0.830. The van der Waals surface area contributed by atoms with Crippen LogP contribution in [0.3, 0.4) is 0 Å². The fourth-order valence-corrected chi connectivity index (χ4v) is 2.28. The Hall–Kier alpha value is -1.97. The summed E-state index contributed by atoms with van der Waals surface area (Å²) in [6, 6.07) is 6.01. The Morgan fingerprint density at radius 3 is 2.38 bits per heavy atom. The Labute approximate surface area is 126 Å². The lowest BCUT2D eigenvalue weighted by molar-refractivity contribution is 0.336. The zero-order valence-electron chi connectivity index (χ0n) is 13.3. The Kier molecular flexibility index (Phi) is 5.26. The maximum atomic E-state index is 5.71. The first-order chi connectivity index (χ1) is 10.2. The number of nitrogens with one attached hydrogen (secondary N) is 1. The third kappa shape index (κ3) is 3.38. The van der Waals surface area contributed by atoms with E-state index in [1.165, 1.54) is 0 Å². The van der Waals surface area contributed by atoms with Gasteiger partial charge in [0.05, 0.1) is 13.2 Å². The first kappa shape index (κ1) is 15.4. The standard InChI is InChI=1S/C17H24N2O2/c1-5-10-18-17-12(4)11-13-14(20-6-2)8-9-15(21-7-3)16(13)19-17/h8-9,11H,5-7,10H2,1-4H3,(H,18,19). The molecule has 0 atom stereocenters. The fourth-order valence-electron chi connectivity index (χ4n) is 2.28. The molecule has 0 aliphatic rings. The molecule has 0 saturated carbocycles. The molecule has 1 N–H and O–H groups in total. The molecule has 4 heteroatoms. The van der Waals surface area contributed by atoms with Crippen molar-refractivity contribution in [3.05, 3.63) is 23.8 Å². The van der Waals surface area contributed by atoms with Crippen LogP contribution in [0.5, 0.6) is 11.5 Å². The first-order valence-corrected chi connectivity index (χ1v) is 7.65. The summed E-state index contributed by atoms with van der Waals surface area (Å²) in [6.45, 7) is 10.3. The predicted octanol–water partition coefficient (Wildman–Crippen LogP) is 4.16. The van der Waals surface area contributed by atoms with Gasteiger partial charge in [0.1, 0.15) is 22.8 Å². The van der Waals surface area contributed by atoms with Gasteiger partial charge in [0, 0.05) is 11.9 Å². The minimum Gasteiger partial charge on any atom is -0.493 e. The minimum atomic E-state index is 0.621. The molecule has 0 radical (unpaired) electrons. The zero-order chi connectivity index (χ0) is 15.2. The lowest BCUT2D eigenvalue weighted by Crippen LogP contribution is -2.05. The van der Waals surface area contributed by atoms with Crippen molar-refractivity contribution in [1.82, 2.24) is 4.98 Å². The second kappa shape index (κ2) is 7.16. The van der Waals surface area contributed by atoms with E-state index in [0.29, 0.717) is 13.2 Å². The van der Waals surface area contributed by atoms with E-state index in [-0.39, 0.29) is 0 Å². The number of aromatic nitrogens is 1. The Balaban J connectivity index is 2.57. The number of fused-ring (bicyclic) bond motifs is 1. The van der Waals surface area contributed by atoms with E-state index in [4.69, 9.17) is 14.5 Å². The molecular weight excluding hydrogens is 264 g/mol. The van der Waals surface area contributed by atoms with Gasteiger partial charge in [-0.05, 0) is 51.0 Å². The molecular formula is C17H24N2O2. The van der Waals surface area contributed by atoms with Gasteiger partial charge in [-0.2, -0.15) is 0 Å². The Bertz CT molecular complexity index is 611. The van der Waals surface area contributed by atoms with Crippen molar-refractivity contribution < 1.29 is 9.47 Å². The van der Waals surface area contributed by atoms with Gasteiger partial charge in [-0.15, -0.1) is 0 Å². The Morgan fingerprint density at radius 1 is 1.05 bits per heavy atom. The fraction of sp³-hybridized carbons (Fsp3) is 0.471. The van der Waals surface area contributed by atoms with Crippen LogP contribution in [0.2, 0.25) is 0 Å². The molecule has 0 saturated heterocycles. The molecule has 0 aliphatic carbocycles. The molecule has 21 heavy (non-hydrogen) atoms. The number of rotatable bonds is 7. The molecule has 4 nitrogen and oxygen atoms in total. The molecule has 0 aliphatic heterocycles. The largest absolute Gasteiger partial charge is 0.493 e. The summed E-state index contributed by atoms with van der Waals surface area (Å²) >= 11 is 0. The van der Waals surface area contributed by atoms with E-state index in [1.807, 2.05) is 26.0 Å². The number of pyridine rings is 1. The summed E-state index contributed by atoms with van der Waals surface area (Å²) < 4.78 is 11.4. The van der Waals surface area contributed by atoms with E-state index < -0.39 is 0 Å². The zero-order valence-corrected chi connectivity index (χ0v) is 13.3. The molecule has 114 valence electrons. The number of nitrogens with zero attached hydrogens (tertiary/aromatic N) is 1. The lowest BCUT2D eigenvalue weighted by Gasteiger charge is -2.15. The second-order valence-electron chi connectivity index (χ2n) is 4.90. The summed E-state index contributed by atoms with van der Waals surface area (Å²) in [7, 11) is 0. The highest BCUT2D eigenvalue weighted by atomic mass is 16.5. The number of ether oxygens (including phenoxy) is 2. The van der Waals surface area contributed by atoms with Crippen LogP contribution in [-0.4, -0.2) is 24.7 Å². The highest BCUT2D eigenvalue weighted by Crippen LogP contribution is 2.34. The van der Waals surface area contributed by atoms with Crippen LogP contribution in [0.1, 0.15) is 32.8 Å². The minimum absolute atomic E-state index is 0.621. The number of hydrogen-bond acceptors (Lipinski definition) is 4. The normalized spacial score (nSPS) is 10.7. The van der Waals surface area contributed by atoms with E-state index >= 15 is 0 Å². The van der Waals surface area contributed by atoms with Crippen LogP contribution in [-0.2, 0) is 0 Å². The van der Waals surface area contributed by atoms with Gasteiger partial charge >= 0.3 is 0 Å². The molecule has 0 bridgehead atoms. The molecule has 0 amide bonds. The van der Waals surface area contributed by atoms with Gasteiger partial charge in [0.2, 0.25) is 0 Å². The summed E-state index contributed by atoms with van der Waals surface area (Å²) in [4.78, 5) is 4.76. The summed E-state index contributed by atoms with van der Waals surface area (Å²) in [5, 5.41) is 4.37. The topological polar surface area (TPSA) is 43.4 Å². The van der Waals surface area contributed by atoms with Crippen LogP contribution in [0.25, 0.3) is 10.9 Å². The van der Waals surface area contributed by atoms with Crippen molar-refractivity contribution >= 4 is 16.7 Å². The van der Waals surface area contributed by atoms with Gasteiger partial charge in [0.15, 0.2) is 0 Å². The summed E-state index contributed by atoms with van der Waals surface area (Å²) in [5.41, 5.74) is 1.97. The second-order valence-corrected chi connectivity index (χ2v) is 4.90. The van der Waals surface area contributed by atoms with Crippen molar-refractivity contribution in [2.24, 2.45) is 0 Å². The first-order valence-electron chi connectivity index (χ1n) is 7.65. The van der Waals surface area contributed by atoms with Crippen LogP contribution in [0, 0.1) is 6.92 Å². The predicted molar refractivity (Wildman–Crippen MR) is 87.6 cm³/mol. The van der Waals surface area contributed by atoms with Crippen LogP contribution < -0.4 is 14.8 Å². The van der Waals surface area contributed by atoms with Gasteiger partial charge in [-0.25, -0.2) is 4.98 Å². The monoisotopic (exact) mass is 288 g/mol. The highest BCUT2D eigenvalue weighted by Gasteiger charge is 2.12. The van der Waals surface area contributed by atoms with Crippen molar-refractivity contribution in [3.63, 3.8) is 0 Å². The van der Waals surface area contributed by atoms with Crippen molar-refractivity contribution in [2.45, 2.75) is 34.1 Å². The molecule has 2 rings (SSSR count). The molecule has 0 spiro atoms. The smallest absolute Gasteiger partial charge is 0.145 e. The van der Waals surface area contributed by atoms with Crippen molar-refractivity contribution in [3.8, 4) is 11.5 Å². The number of hydrogen-bond donors (Lipinski definition) is 1. The SMILES string of the molecule is CCCNc1nc2c(OCC)ccc(OCC)c2cc1C. The maximum Gasteiger partial charge on any atom is 0.145 e. The third-order valence-electron chi connectivity index (χ3n) is 3.24.